The lowest BCUT2D eigenvalue weighted by atomic mass is 10.1. The van der Waals surface area contributed by atoms with Crippen molar-refractivity contribution in [2.75, 3.05) is 0 Å². The average Bonchev–Trinajstić information content (AvgIpc) is 2.24. The van der Waals surface area contributed by atoms with Crippen molar-refractivity contribution in [1.82, 2.24) is 0 Å². The van der Waals surface area contributed by atoms with Crippen molar-refractivity contribution in [2.24, 2.45) is 0 Å². The van der Waals surface area contributed by atoms with E-state index in [0.717, 1.165) is 23.9 Å². The molecule has 0 bridgehead atoms. The van der Waals surface area contributed by atoms with E-state index in [-0.39, 0.29) is 5.12 Å². The van der Waals surface area contributed by atoms with Crippen LogP contribution in [0.2, 0.25) is 0 Å². The van der Waals surface area contributed by atoms with E-state index in [1.165, 1.54) is 19.1 Å². The number of benzene rings is 1. The quantitative estimate of drug-likeness (QED) is 0.757. The van der Waals surface area contributed by atoms with E-state index in [0.29, 0.717) is 5.56 Å². The zero-order chi connectivity index (χ0) is 13.1. The number of hydrogen-bond donors (Lipinski definition) is 0. The molecule has 0 amide bonds. The van der Waals surface area contributed by atoms with Gasteiger partial charge in [0.05, 0.1) is 10.8 Å². The number of hydrogen-bond acceptors (Lipinski definition) is 2. The molecule has 0 aliphatic rings. The third-order valence-electron chi connectivity index (χ3n) is 2.05. The number of thioether (sulfide) groups is 1. The minimum atomic E-state index is -4.37. The molecule has 1 aromatic carbocycles. The Labute approximate surface area is 102 Å². The van der Waals surface area contributed by atoms with Crippen LogP contribution >= 0.6 is 11.8 Å². The fraction of sp³-hybridized carbons (Fsp3) is 0.250. The van der Waals surface area contributed by atoms with Gasteiger partial charge in [-0.1, -0.05) is 36.0 Å². The van der Waals surface area contributed by atoms with Crippen molar-refractivity contribution in [3.63, 3.8) is 0 Å². The van der Waals surface area contributed by atoms with Crippen molar-refractivity contribution >= 4 is 16.9 Å². The van der Waals surface area contributed by atoms with Gasteiger partial charge < -0.3 is 0 Å². The summed E-state index contributed by atoms with van der Waals surface area (Å²) in [4.78, 5) is 11.0. The van der Waals surface area contributed by atoms with Crippen molar-refractivity contribution in [3.8, 4) is 0 Å². The Morgan fingerprint density at radius 2 is 2.12 bits per heavy atom. The molecule has 0 fully saturated rings. The highest BCUT2D eigenvalue weighted by molar-refractivity contribution is 8.13. The van der Waals surface area contributed by atoms with Gasteiger partial charge in [0.15, 0.2) is 5.12 Å². The maximum atomic E-state index is 12.5. The predicted octanol–water partition coefficient (Wildman–Crippen LogP) is 4.21. The normalized spacial score (nSPS) is 13.2. The standard InChI is InChI=1S/C12H11F3OS/c1-3-11(17-8(2)16)9-5-4-6-10(7-9)12(13,14)15/h3-7,11H,1H2,2H3/t11-/m0/s1. The first-order valence-corrected chi connectivity index (χ1v) is 5.69. The van der Waals surface area contributed by atoms with Gasteiger partial charge in [0.25, 0.3) is 0 Å². The number of carbonyl (C=O) groups excluding carboxylic acids is 1. The summed E-state index contributed by atoms with van der Waals surface area (Å²) in [5, 5.41) is -0.609. The maximum absolute atomic E-state index is 12.5. The average molecular weight is 260 g/mol. The highest BCUT2D eigenvalue weighted by Crippen LogP contribution is 2.35. The fourth-order valence-electron chi connectivity index (χ4n) is 1.32. The second-order valence-electron chi connectivity index (χ2n) is 3.39. The molecule has 0 unspecified atom stereocenters. The molecule has 1 nitrogen and oxygen atoms in total. The van der Waals surface area contributed by atoms with Crippen LogP contribution in [0.1, 0.15) is 23.3 Å². The summed E-state index contributed by atoms with van der Waals surface area (Å²) in [6.07, 6.45) is -2.91. The van der Waals surface area contributed by atoms with Gasteiger partial charge in [-0.05, 0) is 11.6 Å². The molecule has 1 rings (SSSR count). The van der Waals surface area contributed by atoms with Gasteiger partial charge in [0, 0.05) is 6.92 Å². The Bertz CT molecular complexity index is 426. The third kappa shape index (κ3) is 3.93. The molecule has 0 aromatic heterocycles. The van der Waals surface area contributed by atoms with Crippen LogP contribution in [0.15, 0.2) is 36.9 Å². The zero-order valence-corrected chi connectivity index (χ0v) is 9.94. The molecule has 92 valence electrons. The molecule has 0 aliphatic heterocycles. The van der Waals surface area contributed by atoms with E-state index in [1.807, 2.05) is 0 Å². The molecule has 0 N–H and O–H groups in total. The second kappa shape index (κ2) is 5.40. The van der Waals surface area contributed by atoms with E-state index in [1.54, 1.807) is 6.07 Å². The van der Waals surface area contributed by atoms with Crippen molar-refractivity contribution in [3.05, 3.63) is 48.0 Å². The molecule has 0 heterocycles. The summed E-state index contributed by atoms with van der Waals surface area (Å²) in [7, 11) is 0. The Morgan fingerprint density at radius 3 is 2.59 bits per heavy atom. The van der Waals surface area contributed by atoms with E-state index in [2.05, 4.69) is 6.58 Å². The lowest BCUT2D eigenvalue weighted by Gasteiger charge is -2.13. The van der Waals surface area contributed by atoms with Crippen LogP contribution in [0.4, 0.5) is 13.2 Å². The highest BCUT2D eigenvalue weighted by Gasteiger charge is 2.30. The van der Waals surface area contributed by atoms with Gasteiger partial charge in [0.2, 0.25) is 0 Å². The number of rotatable bonds is 3. The summed E-state index contributed by atoms with van der Waals surface area (Å²) in [5.41, 5.74) is -0.291. The molecule has 1 aromatic rings. The monoisotopic (exact) mass is 260 g/mol. The van der Waals surface area contributed by atoms with Crippen LogP contribution in [-0.4, -0.2) is 5.12 Å². The highest BCUT2D eigenvalue weighted by atomic mass is 32.2. The van der Waals surface area contributed by atoms with Gasteiger partial charge in [0.1, 0.15) is 0 Å². The minimum Gasteiger partial charge on any atom is -0.288 e. The van der Waals surface area contributed by atoms with E-state index < -0.39 is 17.0 Å². The molecule has 0 spiro atoms. The number of carbonyl (C=O) groups is 1. The van der Waals surface area contributed by atoms with E-state index in [9.17, 15) is 18.0 Å². The Kier molecular flexibility index (Phi) is 4.40. The molecule has 0 saturated carbocycles. The van der Waals surface area contributed by atoms with E-state index >= 15 is 0 Å². The Morgan fingerprint density at radius 1 is 1.47 bits per heavy atom. The number of alkyl halides is 3. The van der Waals surface area contributed by atoms with Gasteiger partial charge in [-0.2, -0.15) is 13.2 Å². The first-order valence-electron chi connectivity index (χ1n) is 4.81. The topological polar surface area (TPSA) is 17.1 Å². The summed E-state index contributed by atoms with van der Waals surface area (Å²) in [6.45, 7) is 4.90. The van der Waals surface area contributed by atoms with Crippen LogP contribution < -0.4 is 0 Å². The molecule has 1 atom stereocenters. The molecule has 5 heteroatoms. The molecular formula is C12H11F3OS. The van der Waals surface area contributed by atoms with Gasteiger partial charge >= 0.3 is 6.18 Å². The van der Waals surface area contributed by atoms with Crippen molar-refractivity contribution < 1.29 is 18.0 Å². The summed E-state index contributed by atoms with van der Waals surface area (Å²) in [6, 6.07) is 4.93. The van der Waals surface area contributed by atoms with Crippen molar-refractivity contribution in [2.45, 2.75) is 18.3 Å². The Hall–Kier alpha value is -1.23. The smallest absolute Gasteiger partial charge is 0.288 e. The summed E-state index contributed by atoms with van der Waals surface area (Å²) >= 11 is 0.948. The Balaban J connectivity index is 3.05. The predicted molar refractivity (Wildman–Crippen MR) is 62.7 cm³/mol. The van der Waals surface area contributed by atoms with Crippen LogP contribution in [0, 0.1) is 0 Å². The van der Waals surface area contributed by atoms with Gasteiger partial charge in [-0.3, -0.25) is 4.79 Å². The van der Waals surface area contributed by atoms with Gasteiger partial charge in [-0.15, -0.1) is 6.58 Å². The first-order chi connectivity index (χ1) is 7.84. The van der Waals surface area contributed by atoms with E-state index in [4.69, 9.17) is 0 Å². The number of halogens is 3. The fourth-order valence-corrected chi connectivity index (χ4v) is 2.06. The van der Waals surface area contributed by atoms with Gasteiger partial charge in [-0.25, -0.2) is 0 Å². The second-order valence-corrected chi connectivity index (χ2v) is 4.71. The lowest BCUT2D eigenvalue weighted by Crippen LogP contribution is -2.06. The van der Waals surface area contributed by atoms with Crippen molar-refractivity contribution in [1.29, 1.82) is 0 Å². The van der Waals surface area contributed by atoms with Crippen LogP contribution in [-0.2, 0) is 11.0 Å². The SMILES string of the molecule is C=C[C@H](SC(C)=O)c1cccc(C(F)(F)F)c1. The summed E-state index contributed by atoms with van der Waals surface area (Å²) < 4.78 is 37.5. The third-order valence-corrected chi connectivity index (χ3v) is 3.10. The maximum Gasteiger partial charge on any atom is 0.416 e. The lowest BCUT2D eigenvalue weighted by molar-refractivity contribution is -0.137. The van der Waals surface area contributed by atoms with Crippen LogP contribution in [0.3, 0.4) is 0 Å². The minimum absolute atomic E-state index is 0.160. The summed E-state index contributed by atoms with van der Waals surface area (Å²) in [5.74, 6) is 0. The van der Waals surface area contributed by atoms with Crippen LogP contribution in [0.5, 0.6) is 0 Å². The zero-order valence-electron chi connectivity index (χ0n) is 9.12. The largest absolute Gasteiger partial charge is 0.416 e. The molecule has 17 heavy (non-hydrogen) atoms. The molecule has 0 saturated heterocycles. The first kappa shape index (κ1) is 13.8. The molecule has 0 aliphatic carbocycles. The molecular weight excluding hydrogens is 249 g/mol. The molecule has 0 radical (unpaired) electrons. The van der Waals surface area contributed by atoms with Crippen LogP contribution in [0.25, 0.3) is 0 Å².